The number of benzene rings is 2. The number of piperidine rings is 1. The molecule has 0 radical (unpaired) electrons. The highest BCUT2D eigenvalue weighted by Gasteiger charge is 2.25. The van der Waals surface area contributed by atoms with Gasteiger partial charge in [-0.05, 0) is 48.6 Å². The van der Waals surface area contributed by atoms with E-state index in [1.165, 1.54) is 6.07 Å². The first kappa shape index (κ1) is 23.7. The Morgan fingerprint density at radius 2 is 1.94 bits per heavy atom. The number of nitrogens with one attached hydrogen (secondary N) is 2. The number of aromatic nitrogens is 3. The molecule has 2 aromatic carbocycles. The third kappa shape index (κ3) is 5.05. The van der Waals surface area contributed by atoms with Gasteiger partial charge in [0.15, 0.2) is 5.82 Å². The molecule has 1 aromatic heterocycles. The first-order valence-electron chi connectivity index (χ1n) is 10.8. The molecular formula is C23H27ClFN5O2S. The van der Waals surface area contributed by atoms with Crippen molar-refractivity contribution in [3.05, 3.63) is 59.1 Å². The molecule has 0 amide bonds. The summed E-state index contributed by atoms with van der Waals surface area (Å²) in [5.41, 5.74) is 1.31. The first-order chi connectivity index (χ1) is 15.6. The fourth-order valence-electron chi connectivity index (χ4n) is 3.93. The lowest BCUT2D eigenvalue weighted by Crippen LogP contribution is -2.31. The number of hydrogen-bond acceptors (Lipinski definition) is 5. The van der Waals surface area contributed by atoms with Gasteiger partial charge in [0.1, 0.15) is 12.1 Å². The van der Waals surface area contributed by atoms with E-state index < -0.39 is 15.8 Å². The summed E-state index contributed by atoms with van der Waals surface area (Å²) in [5.74, 6) is -0.307. The quantitative estimate of drug-likeness (QED) is 0.537. The lowest BCUT2D eigenvalue weighted by Gasteiger charge is -2.25. The molecule has 0 spiro atoms. The van der Waals surface area contributed by atoms with Gasteiger partial charge in [-0.3, -0.25) is 4.72 Å². The SMILES string of the molecule is CC(C)(C)c1ccc(S(=O)(=O)Nc2cc(F)c(Cl)cc2-c2nncn2C2CCCNC2)cc1. The monoisotopic (exact) mass is 491 g/mol. The molecule has 2 N–H and O–H groups in total. The van der Waals surface area contributed by atoms with Crippen molar-refractivity contribution in [2.45, 2.75) is 50.0 Å². The van der Waals surface area contributed by atoms with Gasteiger partial charge < -0.3 is 9.88 Å². The predicted molar refractivity (Wildman–Crippen MR) is 128 cm³/mol. The van der Waals surface area contributed by atoms with Crippen molar-refractivity contribution in [2.75, 3.05) is 17.8 Å². The Labute approximate surface area is 198 Å². The zero-order chi connectivity index (χ0) is 23.8. The Morgan fingerprint density at radius 3 is 2.58 bits per heavy atom. The second-order valence-corrected chi connectivity index (χ2v) is 11.3. The molecule has 2 heterocycles. The predicted octanol–water partition coefficient (Wildman–Crippen LogP) is 4.76. The summed E-state index contributed by atoms with van der Waals surface area (Å²) in [6, 6.07) is 9.22. The van der Waals surface area contributed by atoms with Crippen LogP contribution in [0.4, 0.5) is 10.1 Å². The van der Waals surface area contributed by atoms with Crippen LogP contribution in [0.25, 0.3) is 11.4 Å². The van der Waals surface area contributed by atoms with Gasteiger partial charge >= 0.3 is 0 Å². The van der Waals surface area contributed by atoms with E-state index in [-0.39, 0.29) is 27.1 Å². The Bertz CT molecular complexity index is 1250. The van der Waals surface area contributed by atoms with Crippen molar-refractivity contribution < 1.29 is 12.8 Å². The van der Waals surface area contributed by atoms with Gasteiger partial charge in [-0.25, -0.2) is 12.8 Å². The molecule has 1 aliphatic rings. The molecule has 3 aromatic rings. The van der Waals surface area contributed by atoms with Crippen LogP contribution in [0.1, 0.15) is 45.2 Å². The Morgan fingerprint density at radius 1 is 1.21 bits per heavy atom. The van der Waals surface area contributed by atoms with E-state index in [2.05, 4.69) is 41.0 Å². The zero-order valence-corrected chi connectivity index (χ0v) is 20.3. The Balaban J connectivity index is 1.72. The number of anilines is 1. The lowest BCUT2D eigenvalue weighted by atomic mass is 9.87. The normalized spacial score (nSPS) is 17.2. The second kappa shape index (κ2) is 9.04. The highest BCUT2D eigenvalue weighted by atomic mass is 35.5. The molecule has 1 fully saturated rings. The van der Waals surface area contributed by atoms with Gasteiger partial charge in [-0.2, -0.15) is 0 Å². The summed E-state index contributed by atoms with van der Waals surface area (Å²) in [4.78, 5) is 0.0785. The van der Waals surface area contributed by atoms with E-state index in [1.807, 2.05) is 4.57 Å². The maximum atomic E-state index is 14.4. The van der Waals surface area contributed by atoms with Crippen molar-refractivity contribution in [3.63, 3.8) is 0 Å². The topological polar surface area (TPSA) is 88.9 Å². The van der Waals surface area contributed by atoms with Crippen LogP contribution in [-0.2, 0) is 15.4 Å². The summed E-state index contributed by atoms with van der Waals surface area (Å²) in [5, 5.41) is 11.4. The number of rotatable bonds is 5. The fourth-order valence-corrected chi connectivity index (χ4v) is 5.16. The third-order valence-corrected chi connectivity index (χ3v) is 7.48. The van der Waals surface area contributed by atoms with Crippen molar-refractivity contribution >= 4 is 27.3 Å². The van der Waals surface area contributed by atoms with E-state index in [0.29, 0.717) is 11.4 Å². The molecule has 1 atom stereocenters. The Kier molecular flexibility index (Phi) is 6.48. The van der Waals surface area contributed by atoms with Crippen molar-refractivity contribution in [1.82, 2.24) is 20.1 Å². The minimum absolute atomic E-state index is 0.0508. The molecule has 7 nitrogen and oxygen atoms in total. The van der Waals surface area contributed by atoms with Gasteiger partial charge in [-0.1, -0.05) is 44.5 Å². The minimum Gasteiger partial charge on any atom is -0.315 e. The maximum Gasteiger partial charge on any atom is 0.261 e. The van der Waals surface area contributed by atoms with E-state index in [1.54, 1.807) is 30.6 Å². The van der Waals surface area contributed by atoms with Crippen LogP contribution in [0.2, 0.25) is 5.02 Å². The van der Waals surface area contributed by atoms with Crippen LogP contribution in [0, 0.1) is 5.82 Å². The van der Waals surface area contributed by atoms with Crippen molar-refractivity contribution in [3.8, 4) is 11.4 Å². The summed E-state index contributed by atoms with van der Waals surface area (Å²) in [6.07, 6.45) is 3.53. The minimum atomic E-state index is -3.99. The van der Waals surface area contributed by atoms with E-state index in [0.717, 1.165) is 37.6 Å². The average Bonchev–Trinajstić information content (AvgIpc) is 3.26. The second-order valence-electron chi connectivity index (χ2n) is 9.25. The first-order valence-corrected chi connectivity index (χ1v) is 12.7. The van der Waals surface area contributed by atoms with Crippen molar-refractivity contribution in [1.29, 1.82) is 0 Å². The molecule has 1 aliphatic heterocycles. The number of hydrogen-bond donors (Lipinski definition) is 2. The molecule has 1 saturated heterocycles. The highest BCUT2D eigenvalue weighted by Crippen LogP contribution is 2.35. The molecule has 176 valence electrons. The molecular weight excluding hydrogens is 465 g/mol. The van der Waals surface area contributed by atoms with E-state index in [4.69, 9.17) is 11.6 Å². The number of sulfonamides is 1. The van der Waals surface area contributed by atoms with Crippen LogP contribution in [0.5, 0.6) is 0 Å². The van der Waals surface area contributed by atoms with Gasteiger partial charge in [0.25, 0.3) is 10.0 Å². The van der Waals surface area contributed by atoms with Crippen LogP contribution in [0.3, 0.4) is 0 Å². The highest BCUT2D eigenvalue weighted by molar-refractivity contribution is 7.92. The summed E-state index contributed by atoms with van der Waals surface area (Å²) in [6.45, 7) is 7.83. The summed E-state index contributed by atoms with van der Waals surface area (Å²) in [7, 11) is -3.99. The van der Waals surface area contributed by atoms with Gasteiger partial charge in [0.05, 0.1) is 15.6 Å². The van der Waals surface area contributed by atoms with Crippen molar-refractivity contribution in [2.24, 2.45) is 0 Å². The van der Waals surface area contributed by atoms with E-state index in [9.17, 15) is 12.8 Å². The third-order valence-electron chi connectivity index (χ3n) is 5.81. The van der Waals surface area contributed by atoms with Crippen LogP contribution < -0.4 is 10.0 Å². The standard InChI is InChI=1S/C23H27ClFN5O2S/c1-23(2,3)15-6-8-17(9-7-15)33(31,32)29-21-12-20(25)19(24)11-18(21)22-28-27-14-30(22)16-5-4-10-26-13-16/h6-9,11-12,14,16,26,29H,4-5,10,13H2,1-3H3. The Hall–Kier alpha value is -2.49. The number of halogens is 2. The maximum absolute atomic E-state index is 14.4. The summed E-state index contributed by atoms with van der Waals surface area (Å²) < 4.78 is 45.1. The molecule has 33 heavy (non-hydrogen) atoms. The molecule has 0 bridgehead atoms. The largest absolute Gasteiger partial charge is 0.315 e. The van der Waals surface area contributed by atoms with Crippen LogP contribution in [-0.4, -0.2) is 36.3 Å². The molecule has 1 unspecified atom stereocenters. The molecule has 0 saturated carbocycles. The fraction of sp³-hybridized carbons (Fsp3) is 0.391. The van der Waals surface area contributed by atoms with Crippen LogP contribution in [0.15, 0.2) is 47.6 Å². The van der Waals surface area contributed by atoms with Gasteiger partial charge in [0.2, 0.25) is 0 Å². The van der Waals surface area contributed by atoms with Gasteiger partial charge in [-0.15, -0.1) is 10.2 Å². The zero-order valence-electron chi connectivity index (χ0n) is 18.8. The lowest BCUT2D eigenvalue weighted by molar-refractivity contribution is 0.373. The molecule has 4 rings (SSSR count). The molecule has 10 heteroatoms. The van der Waals surface area contributed by atoms with Gasteiger partial charge in [0, 0.05) is 24.2 Å². The summed E-state index contributed by atoms with van der Waals surface area (Å²) >= 11 is 6.07. The number of nitrogens with zero attached hydrogens (tertiary/aromatic N) is 3. The average molecular weight is 492 g/mol. The van der Waals surface area contributed by atoms with E-state index >= 15 is 0 Å². The van der Waals surface area contributed by atoms with Crippen LogP contribution >= 0.6 is 11.6 Å². The molecule has 0 aliphatic carbocycles. The smallest absolute Gasteiger partial charge is 0.261 e.